The van der Waals surface area contributed by atoms with E-state index < -0.39 is 16.5 Å². The van der Waals surface area contributed by atoms with Crippen LogP contribution in [-0.2, 0) is 0 Å². The van der Waals surface area contributed by atoms with Crippen molar-refractivity contribution in [1.82, 2.24) is 0 Å². The van der Waals surface area contributed by atoms with Gasteiger partial charge in [0.1, 0.15) is 22.0 Å². The normalized spacial score (nSPS) is 10.6. The van der Waals surface area contributed by atoms with Gasteiger partial charge >= 0.3 is 11.6 Å². The van der Waals surface area contributed by atoms with Crippen LogP contribution in [0.15, 0.2) is 85.7 Å². The third kappa shape index (κ3) is 4.57. The van der Waals surface area contributed by atoms with Crippen molar-refractivity contribution in [3.8, 4) is 17.2 Å². The molecule has 0 radical (unpaired) electrons. The number of nitro benzene ring substituents is 1. The number of fused-ring (bicyclic) bond motifs is 1. The molecule has 34 heavy (non-hydrogen) atoms. The zero-order chi connectivity index (χ0) is 24.2. The summed E-state index contributed by atoms with van der Waals surface area (Å²) in [6, 6.07) is 17.0. The van der Waals surface area contributed by atoms with Crippen molar-refractivity contribution >= 4 is 34.4 Å². The van der Waals surface area contributed by atoms with E-state index in [2.05, 4.69) is 0 Å². The summed E-state index contributed by atoms with van der Waals surface area (Å²) >= 11 is 0.789. The summed E-state index contributed by atoms with van der Waals surface area (Å²) in [7, 11) is 2.89. The third-order valence-electron chi connectivity index (χ3n) is 4.78. The number of para-hydroxylation sites is 2. The number of benzene rings is 3. The first-order valence-corrected chi connectivity index (χ1v) is 10.6. The van der Waals surface area contributed by atoms with Crippen molar-refractivity contribution in [1.29, 1.82) is 0 Å². The van der Waals surface area contributed by atoms with Crippen LogP contribution in [0.3, 0.4) is 0 Å². The number of nitro groups is 1. The average molecular weight is 479 g/mol. The molecule has 0 aliphatic heterocycles. The molecule has 1 heterocycles. The van der Waals surface area contributed by atoms with Crippen LogP contribution in [0.4, 0.5) is 5.69 Å². The molecule has 10 heteroatoms. The average Bonchev–Trinajstić information content (AvgIpc) is 2.85. The molecule has 0 aliphatic carbocycles. The molecule has 0 amide bonds. The Kier molecular flexibility index (Phi) is 6.51. The highest BCUT2D eigenvalue weighted by atomic mass is 32.2. The molecule has 0 aliphatic rings. The van der Waals surface area contributed by atoms with Crippen molar-refractivity contribution in [3.05, 3.63) is 92.8 Å². The minimum Gasteiger partial charge on any atom is -0.497 e. The maximum atomic E-state index is 13.1. The largest absolute Gasteiger partial charge is 0.497 e. The molecule has 0 atom stereocenters. The fourth-order valence-electron chi connectivity index (χ4n) is 3.17. The van der Waals surface area contributed by atoms with E-state index in [-0.39, 0.29) is 32.4 Å². The summed E-state index contributed by atoms with van der Waals surface area (Å²) in [6.07, 6.45) is 0. The van der Waals surface area contributed by atoms with Gasteiger partial charge in [-0.25, -0.2) is 9.59 Å². The van der Waals surface area contributed by atoms with E-state index in [1.54, 1.807) is 36.4 Å². The highest BCUT2D eigenvalue weighted by Gasteiger charge is 2.24. The number of carbonyl (C=O) groups excluding carboxylic acids is 1. The minimum absolute atomic E-state index is 0.0678. The van der Waals surface area contributed by atoms with Gasteiger partial charge in [-0.15, -0.1) is 0 Å². The topological polar surface area (TPSA) is 118 Å². The van der Waals surface area contributed by atoms with Crippen LogP contribution in [0.25, 0.3) is 11.0 Å². The summed E-state index contributed by atoms with van der Waals surface area (Å²) in [5.41, 5.74) is -0.677. The van der Waals surface area contributed by atoms with Crippen LogP contribution in [0, 0.1) is 10.1 Å². The van der Waals surface area contributed by atoms with Crippen LogP contribution >= 0.6 is 11.8 Å². The molecule has 3 aromatic carbocycles. The Morgan fingerprint density at radius 2 is 1.62 bits per heavy atom. The fraction of sp³-hybridized carbons (Fsp3) is 0.0833. The Bertz CT molecular complexity index is 1440. The molecule has 0 spiro atoms. The molecule has 4 aromatic rings. The molecule has 0 bridgehead atoms. The predicted molar refractivity (Wildman–Crippen MR) is 124 cm³/mol. The lowest BCUT2D eigenvalue weighted by atomic mass is 10.2. The molecule has 4 rings (SSSR count). The van der Waals surface area contributed by atoms with E-state index in [0.29, 0.717) is 16.9 Å². The van der Waals surface area contributed by atoms with Gasteiger partial charge in [0.05, 0.1) is 35.0 Å². The maximum absolute atomic E-state index is 13.1. The van der Waals surface area contributed by atoms with Crippen LogP contribution < -0.4 is 19.8 Å². The Balaban J connectivity index is 1.84. The summed E-state index contributed by atoms with van der Waals surface area (Å²) < 4.78 is 21.5. The number of hydrogen-bond donors (Lipinski definition) is 0. The second-order valence-corrected chi connectivity index (χ2v) is 7.91. The van der Waals surface area contributed by atoms with Crippen LogP contribution in [-0.4, -0.2) is 25.1 Å². The number of nitrogens with zero attached hydrogens (tertiary/aromatic N) is 1. The first kappa shape index (κ1) is 22.9. The van der Waals surface area contributed by atoms with Gasteiger partial charge in [0.25, 0.3) is 5.69 Å². The first-order chi connectivity index (χ1) is 16.4. The van der Waals surface area contributed by atoms with Crippen molar-refractivity contribution in [2.45, 2.75) is 9.79 Å². The Morgan fingerprint density at radius 1 is 0.971 bits per heavy atom. The number of methoxy groups -OCH3 is 2. The smallest absolute Gasteiger partial charge is 0.354 e. The quantitative estimate of drug-likeness (QED) is 0.155. The highest BCUT2D eigenvalue weighted by Crippen LogP contribution is 2.41. The molecule has 0 unspecified atom stereocenters. The lowest BCUT2D eigenvalue weighted by molar-refractivity contribution is -0.387. The van der Waals surface area contributed by atoms with E-state index >= 15 is 0 Å². The van der Waals surface area contributed by atoms with Crippen molar-refractivity contribution < 1.29 is 28.3 Å². The number of rotatable bonds is 7. The van der Waals surface area contributed by atoms with Crippen molar-refractivity contribution in [2.24, 2.45) is 0 Å². The van der Waals surface area contributed by atoms with Crippen LogP contribution in [0.1, 0.15) is 10.4 Å². The second kappa shape index (κ2) is 9.67. The fourth-order valence-corrected chi connectivity index (χ4v) is 4.16. The Hall–Kier alpha value is -4.31. The Morgan fingerprint density at radius 3 is 2.29 bits per heavy atom. The highest BCUT2D eigenvalue weighted by molar-refractivity contribution is 7.99. The summed E-state index contributed by atoms with van der Waals surface area (Å²) in [5.74, 6) is -0.101. The van der Waals surface area contributed by atoms with E-state index in [1.807, 2.05) is 0 Å². The van der Waals surface area contributed by atoms with Gasteiger partial charge in [0.15, 0.2) is 5.75 Å². The molecule has 0 fully saturated rings. The number of ether oxygens (including phenoxy) is 3. The lowest BCUT2D eigenvalue weighted by Gasteiger charge is -2.13. The van der Waals surface area contributed by atoms with Gasteiger partial charge in [-0.2, -0.15) is 0 Å². The molecule has 9 nitrogen and oxygen atoms in total. The van der Waals surface area contributed by atoms with Gasteiger partial charge in [-0.05, 0) is 30.3 Å². The number of hydrogen-bond acceptors (Lipinski definition) is 9. The summed E-state index contributed by atoms with van der Waals surface area (Å²) in [5, 5.41) is 11.8. The van der Waals surface area contributed by atoms with Gasteiger partial charge in [-0.1, -0.05) is 36.0 Å². The zero-order valence-electron chi connectivity index (χ0n) is 18.0. The van der Waals surface area contributed by atoms with Gasteiger partial charge in [0, 0.05) is 12.1 Å². The van der Waals surface area contributed by atoms with E-state index in [4.69, 9.17) is 18.6 Å². The standard InChI is InChI=1S/C24H17NO8S/c1-30-15-11-14(12-16(13-15)31-2)23(26)33-21-17-7-3-5-9-19(17)32-24(27)22(21)34-20-10-6-4-8-18(20)25(28)29/h3-13H,1-2H3. The predicted octanol–water partition coefficient (Wildman–Crippen LogP) is 5.09. The van der Waals surface area contributed by atoms with Crippen LogP contribution in [0.2, 0.25) is 0 Å². The summed E-state index contributed by atoms with van der Waals surface area (Å²) in [4.78, 5) is 37.0. The third-order valence-corrected chi connectivity index (χ3v) is 5.90. The zero-order valence-corrected chi connectivity index (χ0v) is 18.8. The first-order valence-electron chi connectivity index (χ1n) is 9.83. The Labute approximate surface area is 197 Å². The van der Waals surface area contributed by atoms with Crippen LogP contribution in [0.5, 0.6) is 17.2 Å². The monoisotopic (exact) mass is 479 g/mol. The molecule has 1 aromatic heterocycles. The SMILES string of the molecule is COc1cc(OC)cc(C(=O)Oc2c(Sc3ccccc3[N+](=O)[O-])c(=O)oc3ccccc23)c1. The minimum atomic E-state index is -0.798. The van der Waals surface area contributed by atoms with E-state index in [9.17, 15) is 19.7 Å². The second-order valence-electron chi connectivity index (χ2n) is 6.86. The molecule has 0 N–H and O–H groups in total. The summed E-state index contributed by atoms with van der Waals surface area (Å²) in [6.45, 7) is 0. The molecule has 0 saturated carbocycles. The molecular formula is C24H17NO8S. The van der Waals surface area contributed by atoms with Gasteiger partial charge < -0.3 is 18.6 Å². The van der Waals surface area contributed by atoms with Crippen molar-refractivity contribution in [2.75, 3.05) is 14.2 Å². The van der Waals surface area contributed by atoms with Gasteiger partial charge in [0.2, 0.25) is 0 Å². The maximum Gasteiger partial charge on any atom is 0.354 e. The number of carbonyl (C=O) groups is 1. The molecular weight excluding hydrogens is 462 g/mol. The van der Waals surface area contributed by atoms with E-state index in [1.165, 1.54) is 44.6 Å². The van der Waals surface area contributed by atoms with E-state index in [0.717, 1.165) is 11.8 Å². The molecule has 0 saturated heterocycles. The lowest BCUT2D eigenvalue weighted by Crippen LogP contribution is -2.13. The van der Waals surface area contributed by atoms with Gasteiger partial charge in [-0.3, -0.25) is 10.1 Å². The molecule has 172 valence electrons. The van der Waals surface area contributed by atoms with Crippen molar-refractivity contribution in [3.63, 3.8) is 0 Å². The number of esters is 1.